The van der Waals surface area contributed by atoms with Crippen LogP contribution in [0.1, 0.15) is 54.4 Å². The Kier molecular flexibility index (Phi) is 6.03. The van der Waals surface area contributed by atoms with Crippen molar-refractivity contribution in [1.82, 2.24) is 0 Å². The number of ether oxygens (including phenoxy) is 7. The third-order valence-electron chi connectivity index (χ3n) is 12.8. The van der Waals surface area contributed by atoms with E-state index >= 15 is 0 Å². The molecule has 3 aliphatic carbocycles. The van der Waals surface area contributed by atoms with E-state index in [1.54, 1.807) is 13.8 Å². The summed E-state index contributed by atoms with van der Waals surface area (Å²) >= 11 is 0. The Morgan fingerprint density at radius 2 is 1.64 bits per heavy atom. The molecular formula is C31H40O13. The van der Waals surface area contributed by atoms with Gasteiger partial charge in [0.05, 0.1) is 38.3 Å². The van der Waals surface area contributed by atoms with Crippen LogP contribution in [0.4, 0.5) is 0 Å². The number of aliphatic hydroxyl groups is 2. The third kappa shape index (κ3) is 3.13. The van der Waals surface area contributed by atoms with Gasteiger partial charge in [0.1, 0.15) is 23.4 Å². The highest BCUT2D eigenvalue weighted by molar-refractivity contribution is 6.35. The number of esters is 3. The molecule has 2 bridgehead atoms. The number of rotatable bonds is 5. The zero-order valence-electron chi connectivity index (χ0n) is 25.9. The SMILES string of the molecule is COC(=O)C(=O)C1C2(C)C(OC(C)=O)CC(OC(C)=O)C3(C)COC(C32)C(O)C1(C)C12OC1(C)C1CC2OC2OC=CC21O. The molecule has 13 nitrogen and oxygen atoms in total. The molecule has 4 aliphatic heterocycles. The van der Waals surface area contributed by atoms with Crippen LogP contribution in [0.2, 0.25) is 0 Å². The lowest BCUT2D eigenvalue weighted by Crippen LogP contribution is -2.76. The molecule has 0 radical (unpaired) electrons. The average Bonchev–Trinajstić information content (AvgIpc) is 3.17. The maximum absolute atomic E-state index is 14.5. The van der Waals surface area contributed by atoms with E-state index in [0.29, 0.717) is 6.42 Å². The lowest BCUT2D eigenvalue weighted by molar-refractivity contribution is -0.295. The molecular weight excluding hydrogens is 580 g/mol. The Morgan fingerprint density at radius 1 is 0.977 bits per heavy atom. The standard InChI is InChI=1S/C31H40O13/c1-13(32)41-16-11-17(42-14(2)33)27(4)21(19(34)24(36)38-7)28(5,23(35)20-22(27)26(16,3)12-40-20)31-18-10-15(29(31,6)44-31)30(37)8-9-39-25(30)43-18/h8-9,15-18,20-23,25,35,37H,10-12H2,1-7H3. The van der Waals surface area contributed by atoms with Crippen LogP contribution in [-0.4, -0.2) is 101 Å². The van der Waals surface area contributed by atoms with Gasteiger partial charge in [-0.05, 0) is 19.4 Å². The summed E-state index contributed by atoms with van der Waals surface area (Å²) < 4.78 is 41.7. The molecule has 3 saturated carbocycles. The number of Topliss-reactive ketones (excluding diaryl/α,β-unsaturated/α-hetero) is 1. The Balaban J connectivity index is 1.45. The van der Waals surface area contributed by atoms with Crippen molar-refractivity contribution >= 4 is 23.7 Å². The van der Waals surface area contributed by atoms with E-state index in [1.165, 1.54) is 26.2 Å². The first-order chi connectivity index (χ1) is 20.5. The minimum atomic E-state index is -1.60. The third-order valence-corrected chi connectivity index (χ3v) is 12.8. The second-order valence-corrected chi connectivity index (χ2v) is 14.6. The van der Waals surface area contributed by atoms with E-state index in [1.807, 2.05) is 13.8 Å². The summed E-state index contributed by atoms with van der Waals surface area (Å²) in [7, 11) is 1.11. The maximum atomic E-state index is 14.5. The second kappa shape index (κ2) is 8.81. The number of fused-ring (bicyclic) bond motifs is 7. The molecule has 44 heavy (non-hydrogen) atoms. The van der Waals surface area contributed by atoms with Gasteiger partial charge in [0.25, 0.3) is 0 Å². The van der Waals surface area contributed by atoms with Gasteiger partial charge in [0, 0.05) is 54.3 Å². The highest BCUT2D eigenvalue weighted by Gasteiger charge is 2.94. The molecule has 0 aromatic carbocycles. The average molecular weight is 621 g/mol. The Morgan fingerprint density at radius 3 is 2.27 bits per heavy atom. The van der Waals surface area contributed by atoms with Gasteiger partial charge >= 0.3 is 17.9 Å². The predicted molar refractivity (Wildman–Crippen MR) is 144 cm³/mol. The highest BCUT2D eigenvalue weighted by Crippen LogP contribution is 2.80. The van der Waals surface area contributed by atoms with Crippen LogP contribution in [-0.2, 0) is 52.3 Å². The number of epoxide rings is 1. The first kappa shape index (κ1) is 30.1. The summed E-state index contributed by atoms with van der Waals surface area (Å²) in [5.74, 6) is -5.80. The summed E-state index contributed by atoms with van der Waals surface area (Å²) in [6, 6.07) is 0. The first-order valence-corrected chi connectivity index (χ1v) is 15.2. The summed E-state index contributed by atoms with van der Waals surface area (Å²) in [6.45, 7) is 9.76. The quantitative estimate of drug-likeness (QED) is 0.189. The lowest BCUT2D eigenvalue weighted by Gasteiger charge is -2.66. The minimum absolute atomic E-state index is 0.0318. The summed E-state index contributed by atoms with van der Waals surface area (Å²) in [4.78, 5) is 52.6. The van der Waals surface area contributed by atoms with Crippen molar-refractivity contribution in [3.8, 4) is 0 Å². The number of hydrogen-bond donors (Lipinski definition) is 2. The van der Waals surface area contributed by atoms with E-state index < -0.39 is 111 Å². The van der Waals surface area contributed by atoms with Gasteiger partial charge in [0.2, 0.25) is 12.1 Å². The van der Waals surface area contributed by atoms with Gasteiger partial charge < -0.3 is 43.4 Å². The van der Waals surface area contributed by atoms with Crippen molar-refractivity contribution in [2.24, 2.45) is 34.0 Å². The lowest BCUT2D eigenvalue weighted by atomic mass is 9.38. The fraction of sp³-hybridized carbons (Fsp3) is 0.806. The number of aliphatic hydroxyl groups excluding tert-OH is 1. The Labute approximate surface area is 254 Å². The van der Waals surface area contributed by atoms with E-state index in [-0.39, 0.29) is 13.0 Å². The largest absolute Gasteiger partial charge is 0.469 e. The molecule has 0 aromatic rings. The predicted octanol–water partition coefficient (Wildman–Crippen LogP) is 0.568. The van der Waals surface area contributed by atoms with Crippen molar-refractivity contribution in [2.45, 2.75) is 108 Å². The van der Waals surface area contributed by atoms with E-state index in [0.717, 1.165) is 7.11 Å². The van der Waals surface area contributed by atoms with Crippen LogP contribution in [0.25, 0.3) is 0 Å². The fourth-order valence-electron chi connectivity index (χ4n) is 11.3. The normalized spacial score (nSPS) is 55.6. The molecule has 7 aliphatic rings. The molecule has 2 N–H and O–H groups in total. The van der Waals surface area contributed by atoms with Crippen LogP contribution in [0.15, 0.2) is 12.3 Å². The second-order valence-electron chi connectivity index (χ2n) is 14.6. The van der Waals surface area contributed by atoms with Crippen molar-refractivity contribution < 1.29 is 62.5 Å². The molecule has 3 saturated heterocycles. The number of hydrogen-bond acceptors (Lipinski definition) is 13. The first-order valence-electron chi connectivity index (χ1n) is 15.2. The van der Waals surface area contributed by atoms with Crippen LogP contribution in [0.5, 0.6) is 0 Å². The van der Waals surface area contributed by atoms with Crippen LogP contribution >= 0.6 is 0 Å². The van der Waals surface area contributed by atoms with Gasteiger partial charge in [-0.25, -0.2) is 4.79 Å². The van der Waals surface area contributed by atoms with Gasteiger partial charge in [-0.1, -0.05) is 20.8 Å². The minimum Gasteiger partial charge on any atom is -0.469 e. The summed E-state index contributed by atoms with van der Waals surface area (Å²) in [6.07, 6.45) is -2.61. The van der Waals surface area contributed by atoms with Crippen molar-refractivity contribution in [1.29, 1.82) is 0 Å². The summed E-state index contributed by atoms with van der Waals surface area (Å²) in [5, 5.41) is 24.3. The zero-order valence-corrected chi connectivity index (χ0v) is 25.9. The van der Waals surface area contributed by atoms with Crippen molar-refractivity contribution in [2.75, 3.05) is 13.7 Å². The van der Waals surface area contributed by atoms with Crippen molar-refractivity contribution in [3.05, 3.63) is 12.3 Å². The van der Waals surface area contributed by atoms with Gasteiger partial charge in [0.15, 0.2) is 5.60 Å². The molecule has 0 aromatic heterocycles. The van der Waals surface area contributed by atoms with Gasteiger partial charge in [-0.3, -0.25) is 14.4 Å². The van der Waals surface area contributed by atoms with E-state index in [2.05, 4.69) is 0 Å². The molecule has 15 atom stereocenters. The van der Waals surface area contributed by atoms with Crippen LogP contribution in [0.3, 0.4) is 0 Å². The topological polar surface area (TPSA) is 177 Å². The van der Waals surface area contributed by atoms with E-state index in [4.69, 9.17) is 33.2 Å². The summed E-state index contributed by atoms with van der Waals surface area (Å²) in [5.41, 5.74) is -7.88. The fourth-order valence-corrected chi connectivity index (χ4v) is 11.3. The molecule has 6 fully saturated rings. The van der Waals surface area contributed by atoms with E-state index in [9.17, 15) is 29.4 Å². The smallest absolute Gasteiger partial charge is 0.374 e. The maximum Gasteiger partial charge on any atom is 0.374 e. The monoisotopic (exact) mass is 620 g/mol. The molecule has 7 rings (SSSR count). The molecule has 13 heteroatoms. The zero-order chi connectivity index (χ0) is 32.0. The van der Waals surface area contributed by atoms with Crippen LogP contribution in [0, 0.1) is 34.0 Å². The molecule has 15 unspecified atom stereocenters. The Hall–Kier alpha value is -2.58. The van der Waals surface area contributed by atoms with Crippen LogP contribution < -0.4 is 0 Å². The molecule has 0 amide bonds. The highest BCUT2D eigenvalue weighted by atomic mass is 16.7. The number of methoxy groups -OCH3 is 1. The Bertz CT molecular complexity index is 1380. The molecule has 242 valence electrons. The number of carbonyl (C=O) groups is 4. The van der Waals surface area contributed by atoms with Gasteiger partial charge in [-0.2, -0.15) is 0 Å². The molecule has 0 spiro atoms. The number of carbonyl (C=O) groups excluding carboxylic acids is 4. The van der Waals surface area contributed by atoms with Gasteiger partial charge in [-0.15, -0.1) is 0 Å². The van der Waals surface area contributed by atoms with Crippen molar-refractivity contribution in [3.63, 3.8) is 0 Å². The number of ketones is 1. The molecule has 4 heterocycles.